The lowest BCUT2D eigenvalue weighted by atomic mass is 10.3. The van der Waals surface area contributed by atoms with Crippen LogP contribution in [0.3, 0.4) is 0 Å². The molecule has 1 aliphatic rings. The fraction of sp³-hybridized carbons (Fsp3) is 0.727. The van der Waals surface area contributed by atoms with Gasteiger partial charge in [0.1, 0.15) is 0 Å². The first kappa shape index (κ1) is 14.4. The van der Waals surface area contributed by atoms with Crippen LogP contribution in [-0.2, 0) is 21.3 Å². The van der Waals surface area contributed by atoms with Gasteiger partial charge in [0, 0.05) is 18.7 Å². The van der Waals surface area contributed by atoms with Crippen molar-refractivity contribution >= 4 is 10.0 Å². The third-order valence-electron chi connectivity index (χ3n) is 3.22. The van der Waals surface area contributed by atoms with Crippen molar-refractivity contribution in [3.8, 4) is 0 Å². The van der Waals surface area contributed by atoms with E-state index in [-0.39, 0.29) is 24.2 Å². The van der Waals surface area contributed by atoms with Gasteiger partial charge in [-0.2, -0.15) is 5.10 Å². The number of aromatic nitrogens is 2. The molecule has 0 amide bonds. The Kier molecular flexibility index (Phi) is 4.92. The number of sulfonamides is 1. The average molecular weight is 288 g/mol. The van der Waals surface area contributed by atoms with Gasteiger partial charge in [0.05, 0.1) is 18.9 Å². The number of aromatic amines is 1. The average Bonchev–Trinajstić information content (AvgIpc) is 3.05. The van der Waals surface area contributed by atoms with E-state index in [2.05, 4.69) is 14.9 Å². The molecule has 19 heavy (non-hydrogen) atoms. The zero-order chi connectivity index (χ0) is 13.7. The molecule has 1 aromatic rings. The molecule has 0 aliphatic heterocycles. The Morgan fingerprint density at radius 1 is 1.47 bits per heavy atom. The smallest absolute Gasteiger partial charge is 0.257 e. The summed E-state index contributed by atoms with van der Waals surface area (Å²) < 4.78 is 32.0. The van der Waals surface area contributed by atoms with E-state index in [1.165, 1.54) is 19.0 Å². The van der Waals surface area contributed by atoms with Crippen molar-refractivity contribution in [2.75, 3.05) is 13.2 Å². The zero-order valence-electron chi connectivity index (χ0n) is 10.8. The van der Waals surface area contributed by atoms with Crippen molar-refractivity contribution in [2.45, 2.75) is 43.4 Å². The van der Waals surface area contributed by atoms with Crippen LogP contribution in [0.15, 0.2) is 11.2 Å². The second-order valence-corrected chi connectivity index (χ2v) is 6.31. The van der Waals surface area contributed by atoms with Crippen LogP contribution in [0.1, 0.15) is 31.2 Å². The first-order chi connectivity index (χ1) is 9.13. The lowest BCUT2D eigenvalue weighted by Crippen LogP contribution is -2.29. The summed E-state index contributed by atoms with van der Waals surface area (Å²) in [5.74, 6) is 0. The lowest BCUT2D eigenvalue weighted by molar-refractivity contribution is 0.0626. The van der Waals surface area contributed by atoms with Gasteiger partial charge >= 0.3 is 0 Å². The van der Waals surface area contributed by atoms with E-state index in [1.54, 1.807) is 0 Å². The molecule has 0 saturated heterocycles. The molecule has 0 spiro atoms. The molecule has 1 fully saturated rings. The second-order valence-electron chi connectivity index (χ2n) is 4.60. The number of nitrogens with two attached hydrogens (primary N) is 1. The SMILES string of the molecule is NCc1cn[nH]c1S(=O)(=O)NCCOC1CCCC1. The van der Waals surface area contributed by atoms with Gasteiger partial charge in [-0.15, -0.1) is 0 Å². The van der Waals surface area contributed by atoms with Gasteiger partial charge in [-0.3, -0.25) is 5.10 Å². The summed E-state index contributed by atoms with van der Waals surface area (Å²) in [6.07, 6.45) is 6.25. The van der Waals surface area contributed by atoms with Crippen molar-refractivity contribution < 1.29 is 13.2 Å². The molecule has 108 valence electrons. The Labute approximate surface area is 113 Å². The highest BCUT2D eigenvalue weighted by Crippen LogP contribution is 2.20. The highest BCUT2D eigenvalue weighted by Gasteiger charge is 2.20. The van der Waals surface area contributed by atoms with Gasteiger partial charge < -0.3 is 10.5 Å². The summed E-state index contributed by atoms with van der Waals surface area (Å²) in [5.41, 5.74) is 5.93. The summed E-state index contributed by atoms with van der Waals surface area (Å²) in [5, 5.41) is 6.19. The Bertz CT molecular complexity index is 494. The molecular weight excluding hydrogens is 268 g/mol. The summed E-state index contributed by atoms with van der Waals surface area (Å²) in [6, 6.07) is 0. The van der Waals surface area contributed by atoms with E-state index in [4.69, 9.17) is 10.5 Å². The van der Waals surface area contributed by atoms with Crippen LogP contribution in [0.4, 0.5) is 0 Å². The third-order valence-corrected chi connectivity index (χ3v) is 4.69. The van der Waals surface area contributed by atoms with E-state index in [0.717, 1.165) is 12.8 Å². The molecule has 1 heterocycles. The monoisotopic (exact) mass is 288 g/mol. The number of hydrogen-bond donors (Lipinski definition) is 3. The molecule has 4 N–H and O–H groups in total. The first-order valence-corrected chi connectivity index (χ1v) is 7.95. The second kappa shape index (κ2) is 6.47. The molecule has 8 heteroatoms. The Morgan fingerprint density at radius 3 is 2.89 bits per heavy atom. The van der Waals surface area contributed by atoms with Crippen LogP contribution in [0.5, 0.6) is 0 Å². The molecule has 7 nitrogen and oxygen atoms in total. The van der Waals surface area contributed by atoms with Crippen molar-refractivity contribution in [1.29, 1.82) is 0 Å². The van der Waals surface area contributed by atoms with Crippen molar-refractivity contribution in [1.82, 2.24) is 14.9 Å². The van der Waals surface area contributed by atoms with Crippen LogP contribution in [0.25, 0.3) is 0 Å². The summed E-state index contributed by atoms with van der Waals surface area (Å²) >= 11 is 0. The third kappa shape index (κ3) is 3.75. The molecule has 0 unspecified atom stereocenters. The van der Waals surface area contributed by atoms with Gasteiger partial charge in [0.15, 0.2) is 5.03 Å². The van der Waals surface area contributed by atoms with Crippen molar-refractivity contribution in [2.24, 2.45) is 5.73 Å². The maximum absolute atomic E-state index is 12.0. The summed E-state index contributed by atoms with van der Waals surface area (Å²) in [4.78, 5) is 0. The fourth-order valence-corrected chi connectivity index (χ4v) is 3.36. The van der Waals surface area contributed by atoms with Crippen LogP contribution < -0.4 is 10.5 Å². The predicted octanol–water partition coefficient (Wildman–Crippen LogP) is 0.106. The number of H-pyrrole nitrogens is 1. The summed E-state index contributed by atoms with van der Waals surface area (Å²) in [7, 11) is -3.58. The van der Waals surface area contributed by atoms with E-state index in [1.807, 2.05) is 0 Å². The van der Waals surface area contributed by atoms with Crippen molar-refractivity contribution in [3.63, 3.8) is 0 Å². The van der Waals surface area contributed by atoms with E-state index in [9.17, 15) is 8.42 Å². The zero-order valence-corrected chi connectivity index (χ0v) is 11.6. The normalized spacial score (nSPS) is 17.1. The Hall–Kier alpha value is -0.960. The minimum Gasteiger partial charge on any atom is -0.377 e. The molecule has 0 radical (unpaired) electrons. The minimum absolute atomic E-state index is 0.0378. The number of nitrogens with one attached hydrogen (secondary N) is 2. The molecule has 0 atom stereocenters. The topological polar surface area (TPSA) is 110 Å². The quantitative estimate of drug-likeness (QED) is 0.617. The molecule has 0 aromatic carbocycles. The predicted molar refractivity (Wildman–Crippen MR) is 69.9 cm³/mol. The Morgan fingerprint density at radius 2 is 2.21 bits per heavy atom. The molecule has 0 bridgehead atoms. The molecule has 1 saturated carbocycles. The van der Waals surface area contributed by atoms with Gasteiger partial charge in [-0.05, 0) is 12.8 Å². The van der Waals surface area contributed by atoms with Gasteiger partial charge in [0.2, 0.25) is 0 Å². The molecular formula is C11H20N4O3S. The maximum atomic E-state index is 12.0. The molecule has 1 aliphatic carbocycles. The lowest BCUT2D eigenvalue weighted by Gasteiger charge is -2.11. The number of hydrogen-bond acceptors (Lipinski definition) is 5. The van der Waals surface area contributed by atoms with Crippen LogP contribution >= 0.6 is 0 Å². The Balaban J connectivity index is 1.81. The van der Waals surface area contributed by atoms with Gasteiger partial charge in [-0.1, -0.05) is 12.8 Å². The van der Waals surface area contributed by atoms with Gasteiger partial charge in [-0.25, -0.2) is 13.1 Å². The van der Waals surface area contributed by atoms with Crippen molar-refractivity contribution in [3.05, 3.63) is 11.8 Å². The minimum atomic E-state index is -3.58. The largest absolute Gasteiger partial charge is 0.377 e. The van der Waals surface area contributed by atoms with Gasteiger partial charge in [0.25, 0.3) is 10.0 Å². The molecule has 1 aromatic heterocycles. The van der Waals surface area contributed by atoms with Crippen LogP contribution in [0.2, 0.25) is 0 Å². The first-order valence-electron chi connectivity index (χ1n) is 6.47. The fourth-order valence-electron chi connectivity index (χ4n) is 2.21. The summed E-state index contributed by atoms with van der Waals surface area (Å²) in [6.45, 7) is 0.767. The highest BCUT2D eigenvalue weighted by molar-refractivity contribution is 7.89. The van der Waals surface area contributed by atoms with E-state index < -0.39 is 10.0 Å². The standard InChI is InChI=1S/C11H20N4O3S/c12-7-9-8-13-15-11(9)19(16,17)14-5-6-18-10-3-1-2-4-10/h8,10,14H,1-7,12H2,(H,13,15). The van der Waals surface area contributed by atoms with E-state index >= 15 is 0 Å². The maximum Gasteiger partial charge on any atom is 0.257 e. The number of ether oxygens (including phenoxy) is 1. The molecule has 2 rings (SSSR count). The number of rotatable bonds is 7. The van der Waals surface area contributed by atoms with Crippen LogP contribution in [-0.4, -0.2) is 37.9 Å². The number of nitrogens with zero attached hydrogens (tertiary/aromatic N) is 1. The highest BCUT2D eigenvalue weighted by atomic mass is 32.2. The van der Waals surface area contributed by atoms with E-state index in [0.29, 0.717) is 12.2 Å². The van der Waals surface area contributed by atoms with Crippen LogP contribution in [0, 0.1) is 0 Å².